The quantitative estimate of drug-likeness (QED) is 0.739. The van der Waals surface area contributed by atoms with Crippen LogP contribution in [0.15, 0.2) is 42.5 Å². The number of hydrogen-bond acceptors (Lipinski definition) is 4. The molecular formula is C21H26N2O4. The van der Waals surface area contributed by atoms with Crippen LogP contribution in [0.4, 0.5) is 11.4 Å². The van der Waals surface area contributed by atoms with Crippen LogP contribution in [0.3, 0.4) is 0 Å². The van der Waals surface area contributed by atoms with Crippen LogP contribution in [-0.2, 0) is 16.0 Å². The largest absolute Gasteiger partial charge is 0.494 e. The highest BCUT2D eigenvalue weighted by Gasteiger charge is 2.12. The SMILES string of the molecule is CCc1ccc(OCC(=O)Nc2ccc(NC(=O)C(C)C)c(OC)c2)cc1. The van der Waals surface area contributed by atoms with Gasteiger partial charge < -0.3 is 20.1 Å². The van der Waals surface area contributed by atoms with Crippen molar-refractivity contribution in [1.82, 2.24) is 0 Å². The molecule has 0 saturated carbocycles. The summed E-state index contributed by atoms with van der Waals surface area (Å²) in [7, 11) is 1.51. The van der Waals surface area contributed by atoms with E-state index in [2.05, 4.69) is 17.6 Å². The Labute approximate surface area is 159 Å². The highest BCUT2D eigenvalue weighted by atomic mass is 16.5. The van der Waals surface area contributed by atoms with Crippen LogP contribution >= 0.6 is 0 Å². The van der Waals surface area contributed by atoms with Crippen LogP contribution in [0, 0.1) is 5.92 Å². The lowest BCUT2D eigenvalue weighted by Crippen LogP contribution is -2.20. The molecule has 6 nitrogen and oxygen atoms in total. The summed E-state index contributed by atoms with van der Waals surface area (Å²) in [6.45, 7) is 5.61. The van der Waals surface area contributed by atoms with Gasteiger partial charge in [-0.1, -0.05) is 32.9 Å². The number of amides is 2. The van der Waals surface area contributed by atoms with Gasteiger partial charge in [-0.25, -0.2) is 0 Å². The van der Waals surface area contributed by atoms with E-state index >= 15 is 0 Å². The van der Waals surface area contributed by atoms with Crippen LogP contribution < -0.4 is 20.1 Å². The van der Waals surface area contributed by atoms with Crippen LogP contribution in [0.25, 0.3) is 0 Å². The first kappa shape index (κ1) is 20.3. The molecule has 0 atom stereocenters. The predicted octanol–water partition coefficient (Wildman–Crippen LogP) is 3.87. The maximum atomic E-state index is 12.1. The molecule has 0 aliphatic rings. The summed E-state index contributed by atoms with van der Waals surface area (Å²) in [5.41, 5.74) is 2.33. The van der Waals surface area contributed by atoms with Crippen LogP contribution in [0.2, 0.25) is 0 Å². The molecule has 0 saturated heterocycles. The minimum Gasteiger partial charge on any atom is -0.494 e. The summed E-state index contributed by atoms with van der Waals surface area (Å²) in [6.07, 6.45) is 0.955. The fourth-order valence-electron chi connectivity index (χ4n) is 2.32. The van der Waals surface area contributed by atoms with Crippen molar-refractivity contribution >= 4 is 23.2 Å². The smallest absolute Gasteiger partial charge is 0.262 e. The van der Waals surface area contributed by atoms with E-state index in [0.717, 1.165) is 6.42 Å². The second-order valence-corrected chi connectivity index (χ2v) is 6.39. The Bertz CT molecular complexity index is 785. The van der Waals surface area contributed by atoms with Gasteiger partial charge >= 0.3 is 0 Å². The molecule has 0 bridgehead atoms. The third-order valence-corrected chi connectivity index (χ3v) is 3.97. The Morgan fingerprint density at radius 3 is 2.33 bits per heavy atom. The van der Waals surface area contributed by atoms with E-state index in [0.29, 0.717) is 22.9 Å². The van der Waals surface area contributed by atoms with Gasteiger partial charge in [0, 0.05) is 17.7 Å². The van der Waals surface area contributed by atoms with E-state index in [-0.39, 0.29) is 24.3 Å². The average molecular weight is 370 g/mol. The number of rotatable bonds is 8. The Balaban J connectivity index is 1.95. The molecule has 2 N–H and O–H groups in total. The molecule has 0 fully saturated rings. The van der Waals surface area contributed by atoms with Gasteiger partial charge in [0.05, 0.1) is 12.8 Å². The van der Waals surface area contributed by atoms with Gasteiger partial charge in [0.25, 0.3) is 5.91 Å². The van der Waals surface area contributed by atoms with Gasteiger partial charge in [-0.2, -0.15) is 0 Å². The molecular weight excluding hydrogens is 344 g/mol. The molecule has 2 aromatic rings. The number of methoxy groups -OCH3 is 1. The summed E-state index contributed by atoms with van der Waals surface area (Å²) in [5.74, 6) is 0.588. The van der Waals surface area contributed by atoms with E-state index in [1.54, 1.807) is 18.2 Å². The second-order valence-electron chi connectivity index (χ2n) is 6.39. The number of anilines is 2. The lowest BCUT2D eigenvalue weighted by molar-refractivity contribution is -0.119. The Hall–Kier alpha value is -3.02. The van der Waals surface area contributed by atoms with Crippen molar-refractivity contribution in [2.45, 2.75) is 27.2 Å². The maximum Gasteiger partial charge on any atom is 0.262 e. The first-order valence-corrected chi connectivity index (χ1v) is 8.93. The van der Waals surface area contributed by atoms with Gasteiger partial charge in [-0.05, 0) is 36.2 Å². The van der Waals surface area contributed by atoms with Crippen molar-refractivity contribution in [2.75, 3.05) is 24.4 Å². The fourth-order valence-corrected chi connectivity index (χ4v) is 2.32. The molecule has 2 rings (SSSR count). The van der Waals surface area contributed by atoms with Crippen molar-refractivity contribution in [2.24, 2.45) is 5.92 Å². The Morgan fingerprint density at radius 2 is 1.74 bits per heavy atom. The molecule has 27 heavy (non-hydrogen) atoms. The Kier molecular flexibility index (Phi) is 7.23. The minimum atomic E-state index is -0.282. The predicted molar refractivity (Wildman–Crippen MR) is 106 cm³/mol. The van der Waals surface area contributed by atoms with Gasteiger partial charge in [0.2, 0.25) is 5.91 Å². The lowest BCUT2D eigenvalue weighted by Gasteiger charge is -2.14. The molecule has 0 aliphatic carbocycles. The number of nitrogens with one attached hydrogen (secondary N) is 2. The van der Waals surface area contributed by atoms with E-state index in [9.17, 15) is 9.59 Å². The van der Waals surface area contributed by atoms with Gasteiger partial charge in [0.15, 0.2) is 6.61 Å². The van der Waals surface area contributed by atoms with E-state index in [4.69, 9.17) is 9.47 Å². The van der Waals surface area contributed by atoms with Crippen molar-refractivity contribution in [3.63, 3.8) is 0 Å². The average Bonchev–Trinajstić information content (AvgIpc) is 2.67. The summed E-state index contributed by atoms with van der Waals surface area (Å²) in [4.78, 5) is 24.0. The number of carbonyl (C=O) groups excluding carboxylic acids is 2. The highest BCUT2D eigenvalue weighted by Crippen LogP contribution is 2.28. The third kappa shape index (κ3) is 6.02. The Morgan fingerprint density at radius 1 is 1.04 bits per heavy atom. The molecule has 144 valence electrons. The summed E-state index contributed by atoms with van der Waals surface area (Å²) in [5, 5.41) is 5.55. The minimum absolute atomic E-state index is 0.0976. The summed E-state index contributed by atoms with van der Waals surface area (Å²) in [6, 6.07) is 12.7. The molecule has 0 unspecified atom stereocenters. The molecule has 6 heteroatoms. The zero-order valence-electron chi connectivity index (χ0n) is 16.2. The summed E-state index contributed by atoms with van der Waals surface area (Å²) >= 11 is 0. The van der Waals surface area contributed by atoms with E-state index in [1.165, 1.54) is 12.7 Å². The first-order chi connectivity index (χ1) is 12.9. The van der Waals surface area contributed by atoms with Crippen molar-refractivity contribution in [3.05, 3.63) is 48.0 Å². The number of aryl methyl sites for hydroxylation is 1. The number of carbonyl (C=O) groups is 2. The van der Waals surface area contributed by atoms with Crippen molar-refractivity contribution in [1.29, 1.82) is 0 Å². The lowest BCUT2D eigenvalue weighted by atomic mass is 10.2. The van der Waals surface area contributed by atoms with E-state index < -0.39 is 0 Å². The topological polar surface area (TPSA) is 76.7 Å². The molecule has 0 heterocycles. The monoisotopic (exact) mass is 370 g/mol. The molecule has 2 amide bonds. The fraction of sp³-hybridized carbons (Fsp3) is 0.333. The molecule has 0 radical (unpaired) electrons. The molecule has 0 aromatic heterocycles. The zero-order valence-corrected chi connectivity index (χ0v) is 16.2. The van der Waals surface area contributed by atoms with Gasteiger partial charge in [-0.3, -0.25) is 9.59 Å². The number of benzene rings is 2. The van der Waals surface area contributed by atoms with Gasteiger partial charge in [0.1, 0.15) is 11.5 Å². The number of hydrogen-bond donors (Lipinski definition) is 2. The van der Waals surface area contributed by atoms with Crippen molar-refractivity contribution < 1.29 is 19.1 Å². The second kappa shape index (κ2) is 9.62. The summed E-state index contributed by atoms with van der Waals surface area (Å²) < 4.78 is 10.8. The zero-order chi connectivity index (χ0) is 19.8. The molecule has 2 aromatic carbocycles. The molecule has 0 aliphatic heterocycles. The third-order valence-electron chi connectivity index (χ3n) is 3.97. The standard InChI is InChI=1S/C21H26N2O4/c1-5-15-6-9-17(10-7-15)27-13-20(24)22-16-8-11-18(19(12-16)26-4)23-21(25)14(2)3/h6-12,14H,5,13H2,1-4H3,(H,22,24)(H,23,25). The maximum absolute atomic E-state index is 12.1. The van der Waals surface area contributed by atoms with E-state index in [1.807, 2.05) is 38.1 Å². The molecule has 0 spiro atoms. The number of ether oxygens (including phenoxy) is 2. The van der Waals surface area contributed by atoms with Gasteiger partial charge in [-0.15, -0.1) is 0 Å². The normalized spacial score (nSPS) is 10.4. The van der Waals surface area contributed by atoms with Crippen LogP contribution in [-0.4, -0.2) is 25.5 Å². The van der Waals surface area contributed by atoms with Crippen molar-refractivity contribution in [3.8, 4) is 11.5 Å². The van der Waals surface area contributed by atoms with Crippen LogP contribution in [0.1, 0.15) is 26.3 Å². The van der Waals surface area contributed by atoms with Crippen LogP contribution in [0.5, 0.6) is 11.5 Å². The highest BCUT2D eigenvalue weighted by molar-refractivity contribution is 5.95. The first-order valence-electron chi connectivity index (χ1n) is 8.93.